The van der Waals surface area contributed by atoms with Crippen LogP contribution in [0.3, 0.4) is 0 Å². The molecule has 0 spiro atoms. The van der Waals surface area contributed by atoms with Crippen LogP contribution in [0.15, 0.2) is 30.3 Å². The predicted molar refractivity (Wildman–Crippen MR) is 77.3 cm³/mol. The van der Waals surface area contributed by atoms with Gasteiger partial charge < -0.3 is 10.5 Å². The molecule has 0 amide bonds. The van der Waals surface area contributed by atoms with Crippen LogP contribution < -0.4 is 5.73 Å². The highest BCUT2D eigenvalue weighted by atomic mass is 16.5. The molecular formula is C15H23N3O. The van der Waals surface area contributed by atoms with Crippen molar-refractivity contribution in [2.45, 2.75) is 38.5 Å². The first-order chi connectivity index (χ1) is 9.08. The highest BCUT2D eigenvalue weighted by molar-refractivity contribution is 5.77. The van der Waals surface area contributed by atoms with E-state index >= 15 is 0 Å². The molecule has 4 nitrogen and oxygen atoms in total. The lowest BCUT2D eigenvalue weighted by atomic mass is 9.98. The van der Waals surface area contributed by atoms with Crippen molar-refractivity contribution in [1.29, 1.82) is 5.41 Å². The molecule has 1 fully saturated rings. The van der Waals surface area contributed by atoms with Gasteiger partial charge in [-0.1, -0.05) is 30.3 Å². The van der Waals surface area contributed by atoms with E-state index in [4.69, 9.17) is 15.9 Å². The van der Waals surface area contributed by atoms with E-state index in [1.165, 1.54) is 5.56 Å². The highest BCUT2D eigenvalue weighted by Gasteiger charge is 2.30. The van der Waals surface area contributed by atoms with Gasteiger partial charge in [0.25, 0.3) is 0 Å². The Bertz CT molecular complexity index is 421. The summed E-state index contributed by atoms with van der Waals surface area (Å²) >= 11 is 0. The molecule has 19 heavy (non-hydrogen) atoms. The zero-order chi connectivity index (χ0) is 13.8. The molecule has 3 atom stereocenters. The summed E-state index contributed by atoms with van der Waals surface area (Å²) in [6.45, 7) is 5.88. The maximum absolute atomic E-state index is 7.63. The molecule has 1 aliphatic heterocycles. The number of rotatable bonds is 4. The molecule has 0 aromatic heterocycles. The third kappa shape index (κ3) is 3.55. The lowest BCUT2D eigenvalue weighted by Crippen LogP contribution is -2.49. The number of nitrogens with one attached hydrogen (secondary N) is 1. The van der Waals surface area contributed by atoms with Gasteiger partial charge >= 0.3 is 0 Å². The van der Waals surface area contributed by atoms with Crippen LogP contribution in [-0.2, 0) is 4.74 Å². The largest absolute Gasteiger partial charge is 0.388 e. The van der Waals surface area contributed by atoms with E-state index in [2.05, 4.69) is 30.9 Å². The molecule has 1 aromatic carbocycles. The Labute approximate surface area is 115 Å². The van der Waals surface area contributed by atoms with Crippen molar-refractivity contribution < 1.29 is 4.74 Å². The normalized spacial score (nSPS) is 26.0. The third-order valence-corrected chi connectivity index (χ3v) is 3.65. The smallest absolute Gasteiger partial charge is 0.0924 e. The average Bonchev–Trinajstić information content (AvgIpc) is 2.40. The van der Waals surface area contributed by atoms with Crippen molar-refractivity contribution in [2.24, 2.45) is 5.73 Å². The zero-order valence-corrected chi connectivity index (χ0v) is 11.7. The van der Waals surface area contributed by atoms with Crippen LogP contribution in [0.4, 0.5) is 0 Å². The summed E-state index contributed by atoms with van der Waals surface area (Å²) < 4.78 is 5.68. The maximum Gasteiger partial charge on any atom is 0.0924 e. The molecule has 104 valence electrons. The fourth-order valence-electron chi connectivity index (χ4n) is 2.67. The first kappa shape index (κ1) is 14.0. The van der Waals surface area contributed by atoms with E-state index in [1.54, 1.807) is 0 Å². The number of hydrogen-bond acceptors (Lipinski definition) is 3. The van der Waals surface area contributed by atoms with Crippen molar-refractivity contribution in [1.82, 2.24) is 4.90 Å². The van der Waals surface area contributed by atoms with E-state index in [9.17, 15) is 0 Å². The molecule has 1 saturated heterocycles. The van der Waals surface area contributed by atoms with Gasteiger partial charge in [0.15, 0.2) is 0 Å². The number of nitrogens with zero attached hydrogens (tertiary/aromatic N) is 1. The summed E-state index contributed by atoms with van der Waals surface area (Å²) in [6.07, 6.45) is 0.801. The van der Waals surface area contributed by atoms with Crippen molar-refractivity contribution >= 4 is 5.84 Å². The molecule has 0 aliphatic carbocycles. The number of hydrogen-bond donors (Lipinski definition) is 2. The lowest BCUT2D eigenvalue weighted by molar-refractivity contribution is -0.0658. The highest BCUT2D eigenvalue weighted by Crippen LogP contribution is 2.28. The Morgan fingerprint density at radius 3 is 2.74 bits per heavy atom. The Hall–Kier alpha value is -1.39. The van der Waals surface area contributed by atoms with E-state index < -0.39 is 0 Å². The molecule has 1 aromatic rings. The van der Waals surface area contributed by atoms with E-state index in [1.807, 2.05) is 18.2 Å². The fraction of sp³-hybridized carbons (Fsp3) is 0.533. The summed E-state index contributed by atoms with van der Waals surface area (Å²) in [7, 11) is 0. The van der Waals surface area contributed by atoms with E-state index in [-0.39, 0.29) is 18.0 Å². The Morgan fingerprint density at radius 1 is 1.42 bits per heavy atom. The average molecular weight is 261 g/mol. The quantitative estimate of drug-likeness (QED) is 0.645. The molecule has 1 aliphatic rings. The summed E-state index contributed by atoms with van der Waals surface area (Å²) in [6, 6.07) is 10.8. The first-order valence-electron chi connectivity index (χ1n) is 6.83. The summed E-state index contributed by atoms with van der Waals surface area (Å²) in [5, 5.41) is 7.63. The van der Waals surface area contributed by atoms with Crippen LogP contribution in [0.1, 0.15) is 31.9 Å². The number of ether oxygens (including phenoxy) is 1. The standard InChI is InChI=1S/C15H23N3O/c1-11-10-19-12(2)9-18(11)14(8-15(16)17)13-6-4-3-5-7-13/h3-7,11-12,14H,8-10H2,1-2H3,(H3,16,17). The minimum atomic E-state index is 0.167. The van der Waals surface area contributed by atoms with Gasteiger partial charge in [0.1, 0.15) is 0 Å². The Balaban J connectivity index is 2.24. The molecule has 0 bridgehead atoms. The van der Waals surface area contributed by atoms with Crippen LogP contribution in [0.2, 0.25) is 0 Å². The monoisotopic (exact) mass is 261 g/mol. The van der Waals surface area contributed by atoms with Crippen molar-refractivity contribution in [3.05, 3.63) is 35.9 Å². The minimum absolute atomic E-state index is 0.167. The topological polar surface area (TPSA) is 62.3 Å². The first-order valence-corrected chi connectivity index (χ1v) is 6.83. The van der Waals surface area contributed by atoms with Crippen LogP contribution in [0, 0.1) is 5.41 Å². The van der Waals surface area contributed by atoms with Crippen LogP contribution >= 0.6 is 0 Å². The number of amidine groups is 1. The van der Waals surface area contributed by atoms with E-state index in [0.29, 0.717) is 12.5 Å². The fourth-order valence-corrected chi connectivity index (χ4v) is 2.67. The van der Waals surface area contributed by atoms with Gasteiger partial charge in [-0.2, -0.15) is 0 Å². The number of benzene rings is 1. The molecule has 4 heteroatoms. The van der Waals surface area contributed by atoms with Gasteiger partial charge in [0.2, 0.25) is 0 Å². The van der Waals surface area contributed by atoms with Gasteiger partial charge in [-0.25, -0.2) is 0 Å². The third-order valence-electron chi connectivity index (χ3n) is 3.65. The second-order valence-electron chi connectivity index (χ2n) is 5.35. The van der Waals surface area contributed by atoms with E-state index in [0.717, 1.165) is 13.2 Å². The molecule has 3 unspecified atom stereocenters. The van der Waals surface area contributed by atoms with Gasteiger partial charge in [-0.15, -0.1) is 0 Å². The Kier molecular flexibility index (Phi) is 4.56. The molecule has 0 saturated carbocycles. The number of morpholine rings is 1. The van der Waals surface area contributed by atoms with Crippen LogP contribution in [-0.4, -0.2) is 36.0 Å². The molecule has 1 heterocycles. The SMILES string of the molecule is CC1CN(C(CC(=N)N)c2ccccc2)C(C)CO1. The summed E-state index contributed by atoms with van der Waals surface area (Å²) in [5.41, 5.74) is 6.86. The van der Waals surface area contributed by atoms with Gasteiger partial charge in [-0.05, 0) is 19.4 Å². The van der Waals surface area contributed by atoms with Gasteiger partial charge in [0, 0.05) is 25.0 Å². The molecular weight excluding hydrogens is 238 g/mol. The second-order valence-corrected chi connectivity index (χ2v) is 5.35. The maximum atomic E-state index is 7.63. The minimum Gasteiger partial charge on any atom is -0.388 e. The molecule has 2 rings (SSSR count). The van der Waals surface area contributed by atoms with Crippen LogP contribution in [0.5, 0.6) is 0 Å². The molecule has 0 radical (unpaired) electrons. The van der Waals surface area contributed by atoms with Gasteiger partial charge in [0.05, 0.1) is 18.5 Å². The number of nitrogens with two attached hydrogens (primary N) is 1. The molecule has 3 N–H and O–H groups in total. The summed E-state index contributed by atoms with van der Waals surface area (Å²) in [4.78, 5) is 2.41. The van der Waals surface area contributed by atoms with Gasteiger partial charge in [-0.3, -0.25) is 10.3 Å². The van der Waals surface area contributed by atoms with Crippen molar-refractivity contribution in [3.8, 4) is 0 Å². The second kappa shape index (κ2) is 6.17. The zero-order valence-electron chi connectivity index (χ0n) is 11.7. The Morgan fingerprint density at radius 2 is 2.11 bits per heavy atom. The predicted octanol–water partition coefficient (Wildman–Crippen LogP) is 2.16. The lowest BCUT2D eigenvalue weighted by Gasteiger charge is -2.42. The van der Waals surface area contributed by atoms with Crippen molar-refractivity contribution in [3.63, 3.8) is 0 Å². The van der Waals surface area contributed by atoms with Crippen LogP contribution in [0.25, 0.3) is 0 Å². The summed E-state index contributed by atoms with van der Waals surface area (Å²) in [5.74, 6) is 0.236. The van der Waals surface area contributed by atoms with Crippen molar-refractivity contribution in [2.75, 3.05) is 13.2 Å².